The van der Waals surface area contributed by atoms with E-state index in [0.717, 1.165) is 61.9 Å². The van der Waals surface area contributed by atoms with E-state index in [1.54, 1.807) is 0 Å². The maximum atomic E-state index is 11.9. The molecule has 2 aromatic carbocycles. The van der Waals surface area contributed by atoms with E-state index in [9.17, 15) is 9.90 Å². The summed E-state index contributed by atoms with van der Waals surface area (Å²) in [6.45, 7) is 4.47. The molecule has 0 amide bonds. The molecule has 2 aromatic rings. The van der Waals surface area contributed by atoms with Crippen molar-refractivity contribution in [3.63, 3.8) is 0 Å². The van der Waals surface area contributed by atoms with Crippen LogP contribution in [0.5, 0.6) is 0 Å². The van der Waals surface area contributed by atoms with Crippen LogP contribution in [0.15, 0.2) is 42.5 Å². The quantitative estimate of drug-likeness (QED) is 0.756. The summed E-state index contributed by atoms with van der Waals surface area (Å²) in [6, 6.07) is 13.4. The minimum absolute atomic E-state index is 0.239. The highest BCUT2D eigenvalue weighted by molar-refractivity contribution is 5.85. The monoisotopic (exact) mass is 342 g/mol. The Kier molecular flexibility index (Phi) is 6.02. The Labute approximate surface area is 148 Å². The zero-order chi connectivity index (χ0) is 17.6. The van der Waals surface area contributed by atoms with Crippen molar-refractivity contribution in [1.29, 1.82) is 0 Å². The first-order valence-corrected chi connectivity index (χ1v) is 8.98. The topological polar surface area (TPSA) is 64.0 Å². The molecule has 1 aliphatic heterocycles. The molecule has 0 aromatic heterocycles. The van der Waals surface area contributed by atoms with Crippen LogP contribution in [0, 0.1) is 0 Å². The number of aliphatic carboxylic acids is 1. The molecule has 2 N–H and O–H groups in total. The standard InChI is InChI=1S/C20H26N2O3/c23-14-4-3-9-21-10-12-22(13-11-21)19(20(24)25)18-8-7-16-5-1-2-6-17(16)15-18/h1-2,5-8,15,19,23H,3-4,9-14H2,(H,24,25). The van der Waals surface area contributed by atoms with Crippen LogP contribution in [-0.4, -0.2) is 65.3 Å². The van der Waals surface area contributed by atoms with Crippen molar-refractivity contribution in [2.24, 2.45) is 0 Å². The minimum Gasteiger partial charge on any atom is -0.480 e. The predicted octanol–water partition coefficient (Wildman–Crippen LogP) is 2.36. The van der Waals surface area contributed by atoms with Gasteiger partial charge in [0, 0.05) is 32.8 Å². The number of carboxylic acids is 1. The average Bonchev–Trinajstić information content (AvgIpc) is 2.63. The zero-order valence-electron chi connectivity index (χ0n) is 14.5. The molecule has 5 nitrogen and oxygen atoms in total. The lowest BCUT2D eigenvalue weighted by atomic mass is 10.00. The lowest BCUT2D eigenvalue weighted by Crippen LogP contribution is -2.49. The third-order valence-electron chi connectivity index (χ3n) is 4.98. The molecule has 0 saturated carbocycles. The largest absolute Gasteiger partial charge is 0.480 e. The van der Waals surface area contributed by atoms with Crippen molar-refractivity contribution in [2.45, 2.75) is 18.9 Å². The summed E-state index contributed by atoms with van der Waals surface area (Å²) in [4.78, 5) is 16.4. The van der Waals surface area contributed by atoms with Gasteiger partial charge in [-0.25, -0.2) is 0 Å². The molecular formula is C20H26N2O3. The van der Waals surface area contributed by atoms with Gasteiger partial charge >= 0.3 is 5.97 Å². The Bertz CT molecular complexity index is 711. The van der Waals surface area contributed by atoms with E-state index in [-0.39, 0.29) is 6.61 Å². The summed E-state index contributed by atoms with van der Waals surface area (Å²) < 4.78 is 0. The maximum Gasteiger partial charge on any atom is 0.325 e. The van der Waals surface area contributed by atoms with Gasteiger partial charge in [-0.3, -0.25) is 9.69 Å². The Morgan fingerprint density at radius 2 is 1.72 bits per heavy atom. The first-order valence-electron chi connectivity index (χ1n) is 8.98. The fourth-order valence-electron chi connectivity index (χ4n) is 3.58. The number of hydrogen-bond donors (Lipinski definition) is 2. The number of unbranched alkanes of at least 4 members (excludes halogenated alkanes) is 1. The second-order valence-electron chi connectivity index (χ2n) is 6.66. The molecule has 1 aliphatic rings. The van der Waals surface area contributed by atoms with Crippen LogP contribution in [0.4, 0.5) is 0 Å². The highest BCUT2D eigenvalue weighted by atomic mass is 16.4. The van der Waals surface area contributed by atoms with Gasteiger partial charge in [0.25, 0.3) is 0 Å². The fraction of sp³-hybridized carbons (Fsp3) is 0.450. The van der Waals surface area contributed by atoms with E-state index < -0.39 is 12.0 Å². The first-order chi connectivity index (χ1) is 12.2. The van der Waals surface area contributed by atoms with Crippen LogP contribution in [0.2, 0.25) is 0 Å². The molecule has 5 heteroatoms. The number of fused-ring (bicyclic) bond motifs is 1. The number of benzene rings is 2. The molecule has 1 atom stereocenters. The number of carboxylic acid groups (broad SMARTS) is 1. The molecular weight excluding hydrogens is 316 g/mol. The van der Waals surface area contributed by atoms with E-state index in [0.29, 0.717) is 0 Å². The molecule has 1 heterocycles. The normalized spacial score (nSPS) is 17.6. The molecule has 1 saturated heterocycles. The van der Waals surface area contributed by atoms with Crippen molar-refractivity contribution in [1.82, 2.24) is 9.80 Å². The number of hydrogen-bond acceptors (Lipinski definition) is 4. The molecule has 0 spiro atoms. The van der Waals surface area contributed by atoms with Gasteiger partial charge in [0.2, 0.25) is 0 Å². The van der Waals surface area contributed by atoms with Gasteiger partial charge in [-0.05, 0) is 41.8 Å². The number of nitrogens with zero attached hydrogens (tertiary/aromatic N) is 2. The summed E-state index contributed by atoms with van der Waals surface area (Å²) >= 11 is 0. The molecule has 25 heavy (non-hydrogen) atoms. The Hall–Kier alpha value is -1.95. The number of piperazine rings is 1. The third-order valence-corrected chi connectivity index (χ3v) is 4.98. The van der Waals surface area contributed by atoms with Gasteiger partial charge in [0.15, 0.2) is 0 Å². The molecule has 0 radical (unpaired) electrons. The SMILES string of the molecule is O=C(O)C(c1ccc2ccccc2c1)N1CCN(CCCCO)CC1. The highest BCUT2D eigenvalue weighted by Gasteiger charge is 2.30. The first kappa shape index (κ1) is 17.9. The number of aliphatic hydroxyl groups excluding tert-OH is 1. The van der Waals surface area contributed by atoms with Crippen LogP contribution in [-0.2, 0) is 4.79 Å². The molecule has 1 fully saturated rings. The molecule has 3 rings (SSSR count). The van der Waals surface area contributed by atoms with Crippen LogP contribution < -0.4 is 0 Å². The van der Waals surface area contributed by atoms with Crippen molar-refractivity contribution in [3.05, 3.63) is 48.0 Å². The molecule has 134 valence electrons. The Balaban J connectivity index is 1.70. The van der Waals surface area contributed by atoms with E-state index in [1.165, 1.54) is 0 Å². The summed E-state index contributed by atoms with van der Waals surface area (Å²) in [5.74, 6) is -0.788. The number of aliphatic hydroxyl groups is 1. The van der Waals surface area contributed by atoms with Crippen LogP contribution >= 0.6 is 0 Å². The number of carbonyl (C=O) groups is 1. The Morgan fingerprint density at radius 3 is 2.40 bits per heavy atom. The average molecular weight is 342 g/mol. The van der Waals surface area contributed by atoms with E-state index in [4.69, 9.17) is 5.11 Å². The van der Waals surface area contributed by atoms with Crippen LogP contribution in [0.3, 0.4) is 0 Å². The highest BCUT2D eigenvalue weighted by Crippen LogP contribution is 2.26. The van der Waals surface area contributed by atoms with Gasteiger partial charge in [0.05, 0.1) is 0 Å². The Morgan fingerprint density at radius 1 is 1.00 bits per heavy atom. The summed E-state index contributed by atoms with van der Waals surface area (Å²) in [5, 5.41) is 20.9. The number of rotatable bonds is 7. The summed E-state index contributed by atoms with van der Waals surface area (Å²) in [5.41, 5.74) is 0.847. The molecule has 0 aliphatic carbocycles. The summed E-state index contributed by atoms with van der Waals surface area (Å²) in [7, 11) is 0. The lowest BCUT2D eigenvalue weighted by Gasteiger charge is -2.37. The minimum atomic E-state index is -0.788. The van der Waals surface area contributed by atoms with Gasteiger partial charge in [-0.1, -0.05) is 36.4 Å². The zero-order valence-corrected chi connectivity index (χ0v) is 14.5. The van der Waals surface area contributed by atoms with Crippen LogP contribution in [0.25, 0.3) is 10.8 Å². The van der Waals surface area contributed by atoms with Gasteiger partial charge in [0.1, 0.15) is 6.04 Å². The van der Waals surface area contributed by atoms with Crippen molar-refractivity contribution >= 4 is 16.7 Å². The summed E-state index contributed by atoms with van der Waals surface area (Å²) in [6.07, 6.45) is 1.82. The van der Waals surface area contributed by atoms with Crippen LogP contribution in [0.1, 0.15) is 24.4 Å². The van der Waals surface area contributed by atoms with Gasteiger partial charge in [-0.15, -0.1) is 0 Å². The van der Waals surface area contributed by atoms with Gasteiger partial charge < -0.3 is 15.1 Å². The fourth-order valence-corrected chi connectivity index (χ4v) is 3.58. The third kappa shape index (κ3) is 4.37. The van der Waals surface area contributed by atoms with Crippen molar-refractivity contribution in [2.75, 3.05) is 39.3 Å². The molecule has 1 unspecified atom stereocenters. The lowest BCUT2D eigenvalue weighted by molar-refractivity contribution is -0.144. The second kappa shape index (κ2) is 8.43. The second-order valence-corrected chi connectivity index (χ2v) is 6.66. The van der Waals surface area contributed by atoms with Crippen molar-refractivity contribution < 1.29 is 15.0 Å². The van der Waals surface area contributed by atoms with E-state index >= 15 is 0 Å². The van der Waals surface area contributed by atoms with Gasteiger partial charge in [-0.2, -0.15) is 0 Å². The smallest absolute Gasteiger partial charge is 0.325 e. The van der Waals surface area contributed by atoms with E-state index in [2.05, 4.69) is 9.80 Å². The predicted molar refractivity (Wildman–Crippen MR) is 98.7 cm³/mol. The molecule has 0 bridgehead atoms. The maximum absolute atomic E-state index is 11.9. The van der Waals surface area contributed by atoms with E-state index in [1.807, 2.05) is 42.5 Å². The van der Waals surface area contributed by atoms with Crippen molar-refractivity contribution in [3.8, 4) is 0 Å².